The van der Waals surface area contributed by atoms with Gasteiger partial charge in [-0.15, -0.1) is 22.7 Å². The summed E-state index contributed by atoms with van der Waals surface area (Å²) in [4.78, 5) is 1.03. The fraction of sp³-hybridized carbons (Fsp3) is 0. The molecule has 0 aliphatic rings. The summed E-state index contributed by atoms with van der Waals surface area (Å²) in [5.74, 6) is -2.01. The zero-order chi connectivity index (χ0) is 38.8. The van der Waals surface area contributed by atoms with Crippen LogP contribution in [0.1, 0.15) is 0 Å². The summed E-state index contributed by atoms with van der Waals surface area (Å²) < 4.78 is 77.3. The normalized spacial score (nSPS) is 12.1. The molecular formula is C50H24F4O2S2. The molecule has 0 radical (unpaired) electrons. The van der Waals surface area contributed by atoms with E-state index in [4.69, 9.17) is 8.83 Å². The molecule has 0 fully saturated rings. The fourth-order valence-corrected chi connectivity index (χ4v) is 10.5. The minimum absolute atomic E-state index is 0.0655. The molecule has 2 nitrogen and oxygen atoms in total. The van der Waals surface area contributed by atoms with E-state index in [1.807, 2.05) is 109 Å². The van der Waals surface area contributed by atoms with Gasteiger partial charge < -0.3 is 8.83 Å². The maximum Gasteiger partial charge on any atom is 0.135 e. The predicted octanol–water partition coefficient (Wildman–Crippen LogP) is 16.3. The molecule has 58 heavy (non-hydrogen) atoms. The summed E-state index contributed by atoms with van der Waals surface area (Å²) in [6.07, 6.45) is 0. The molecule has 0 saturated heterocycles. The third-order valence-electron chi connectivity index (χ3n) is 11.0. The second kappa shape index (κ2) is 12.4. The number of furan rings is 2. The zero-order valence-electron chi connectivity index (χ0n) is 30.0. The van der Waals surface area contributed by atoms with Gasteiger partial charge >= 0.3 is 0 Å². The van der Waals surface area contributed by atoms with E-state index in [0.717, 1.165) is 63.3 Å². The molecule has 8 aromatic carbocycles. The second-order valence-corrected chi connectivity index (χ2v) is 16.8. The Morgan fingerprint density at radius 3 is 1.09 bits per heavy atom. The molecule has 0 aliphatic heterocycles. The van der Waals surface area contributed by atoms with Crippen molar-refractivity contribution in [2.75, 3.05) is 0 Å². The Labute approximate surface area is 334 Å². The van der Waals surface area contributed by atoms with Gasteiger partial charge in [-0.1, -0.05) is 48.5 Å². The lowest BCUT2D eigenvalue weighted by Gasteiger charge is -2.05. The van der Waals surface area contributed by atoms with Crippen LogP contribution >= 0.6 is 22.7 Å². The number of halogens is 4. The fourth-order valence-electron chi connectivity index (χ4n) is 8.21. The van der Waals surface area contributed by atoms with Crippen LogP contribution in [0.2, 0.25) is 0 Å². The Kier molecular flexibility index (Phi) is 7.13. The molecule has 276 valence electrons. The highest BCUT2D eigenvalue weighted by molar-refractivity contribution is 7.22. The lowest BCUT2D eigenvalue weighted by atomic mass is 10.0. The van der Waals surface area contributed by atoms with Gasteiger partial charge in [0.15, 0.2) is 0 Å². The van der Waals surface area contributed by atoms with Gasteiger partial charge in [-0.3, -0.25) is 0 Å². The van der Waals surface area contributed by atoms with Crippen LogP contribution in [0.15, 0.2) is 154 Å². The van der Waals surface area contributed by atoms with E-state index in [1.54, 1.807) is 12.1 Å². The molecule has 0 bridgehead atoms. The minimum atomic E-state index is -0.670. The van der Waals surface area contributed by atoms with Gasteiger partial charge in [-0.05, 0) is 140 Å². The molecule has 4 heterocycles. The number of rotatable bonds is 4. The van der Waals surface area contributed by atoms with Gasteiger partial charge in [0.05, 0.1) is 11.1 Å². The van der Waals surface area contributed by atoms with Crippen molar-refractivity contribution in [3.8, 4) is 43.5 Å². The van der Waals surface area contributed by atoms with E-state index >= 15 is 17.6 Å². The summed E-state index contributed by atoms with van der Waals surface area (Å²) in [5, 5.41) is 9.30. The third-order valence-corrected chi connectivity index (χ3v) is 13.3. The topological polar surface area (TPSA) is 26.3 Å². The number of benzene rings is 8. The maximum absolute atomic E-state index is 15.8. The monoisotopic (exact) mass is 796 g/mol. The summed E-state index contributed by atoms with van der Waals surface area (Å²) >= 11 is 2.72. The molecule has 0 atom stereocenters. The first-order valence-corrected chi connectivity index (χ1v) is 20.2. The molecule has 0 amide bonds. The quantitative estimate of drug-likeness (QED) is 0.166. The van der Waals surface area contributed by atoms with Crippen LogP contribution in [-0.4, -0.2) is 0 Å². The number of thiophene rings is 2. The van der Waals surface area contributed by atoms with Gasteiger partial charge in [0, 0.05) is 41.1 Å². The summed E-state index contributed by atoms with van der Waals surface area (Å²) in [7, 11) is 0. The molecular weight excluding hydrogens is 773 g/mol. The van der Waals surface area contributed by atoms with Crippen LogP contribution in [0.5, 0.6) is 0 Å². The van der Waals surface area contributed by atoms with Crippen molar-refractivity contribution in [1.82, 2.24) is 0 Å². The predicted molar refractivity (Wildman–Crippen MR) is 231 cm³/mol. The Morgan fingerprint density at radius 2 is 0.690 bits per heavy atom. The Bertz CT molecular complexity index is 3240. The molecule has 0 N–H and O–H groups in total. The maximum atomic E-state index is 15.8. The van der Waals surface area contributed by atoms with Crippen molar-refractivity contribution in [3.05, 3.63) is 169 Å². The second-order valence-electron chi connectivity index (χ2n) is 14.7. The first kappa shape index (κ1) is 33.4. The van der Waals surface area contributed by atoms with Crippen molar-refractivity contribution in [3.63, 3.8) is 0 Å². The van der Waals surface area contributed by atoms with E-state index in [9.17, 15) is 0 Å². The number of fused-ring (bicyclic) bond motifs is 7. The molecule has 0 saturated carbocycles. The van der Waals surface area contributed by atoms with E-state index in [0.29, 0.717) is 32.4 Å². The summed E-state index contributed by atoms with van der Waals surface area (Å²) in [6.45, 7) is 0. The first-order chi connectivity index (χ1) is 28.3. The molecule has 0 aliphatic carbocycles. The summed E-state index contributed by atoms with van der Waals surface area (Å²) in [6, 6.07) is 44.2. The molecule has 12 aromatic rings. The van der Waals surface area contributed by atoms with Crippen LogP contribution in [0.4, 0.5) is 17.6 Å². The van der Waals surface area contributed by atoms with Crippen LogP contribution in [0.25, 0.3) is 118 Å². The van der Waals surface area contributed by atoms with Gasteiger partial charge in [0.1, 0.15) is 46.0 Å². The van der Waals surface area contributed by atoms with E-state index in [2.05, 4.69) is 0 Å². The highest BCUT2D eigenvalue weighted by Crippen LogP contribution is 2.43. The van der Waals surface area contributed by atoms with Crippen LogP contribution < -0.4 is 0 Å². The van der Waals surface area contributed by atoms with Crippen molar-refractivity contribution < 1.29 is 26.4 Å². The van der Waals surface area contributed by atoms with Crippen LogP contribution in [-0.2, 0) is 0 Å². The smallest absolute Gasteiger partial charge is 0.135 e. The van der Waals surface area contributed by atoms with Crippen molar-refractivity contribution in [2.24, 2.45) is 0 Å². The number of hydrogen-bond acceptors (Lipinski definition) is 4. The molecule has 0 unspecified atom stereocenters. The summed E-state index contributed by atoms with van der Waals surface area (Å²) in [5.41, 5.74) is 1.53. The van der Waals surface area contributed by atoms with E-state index < -0.39 is 23.3 Å². The third kappa shape index (κ3) is 5.29. The number of hydrogen-bond donors (Lipinski definition) is 0. The first-order valence-electron chi connectivity index (χ1n) is 18.5. The van der Waals surface area contributed by atoms with Crippen LogP contribution in [0.3, 0.4) is 0 Å². The van der Waals surface area contributed by atoms with Crippen molar-refractivity contribution >= 4 is 97.1 Å². The zero-order valence-corrected chi connectivity index (χ0v) is 31.6. The average Bonchev–Trinajstić information content (AvgIpc) is 4.01. The average molecular weight is 797 g/mol. The van der Waals surface area contributed by atoms with Crippen molar-refractivity contribution in [1.29, 1.82) is 0 Å². The molecule has 4 aromatic heterocycles. The van der Waals surface area contributed by atoms with Gasteiger partial charge in [-0.2, -0.15) is 0 Å². The lowest BCUT2D eigenvalue weighted by Crippen LogP contribution is -1.90. The Morgan fingerprint density at radius 1 is 0.328 bits per heavy atom. The van der Waals surface area contributed by atoms with Crippen LogP contribution in [0, 0.1) is 23.3 Å². The lowest BCUT2D eigenvalue weighted by molar-refractivity contribution is 0.586. The highest BCUT2D eigenvalue weighted by Gasteiger charge is 2.21. The van der Waals surface area contributed by atoms with Gasteiger partial charge in [0.2, 0.25) is 0 Å². The van der Waals surface area contributed by atoms with E-state index in [-0.39, 0.29) is 22.3 Å². The van der Waals surface area contributed by atoms with Gasteiger partial charge in [-0.25, -0.2) is 17.6 Å². The Hall–Kier alpha value is -6.74. The largest absolute Gasteiger partial charge is 0.456 e. The molecule has 8 heteroatoms. The SMILES string of the molecule is Fc1cc(-c2cc3cc4cc5oc(-c6cc(F)c(-c7cc8cc9ccccc9cc8s7)c(F)c6)cc5cc4cc3o2)cc(F)c1-c1cc2cc3ccccc3cc2s1. The molecule has 12 rings (SSSR count). The standard InChI is InChI=1S/C50H24F4O2S2/c51-37-13-33(14-38(52)49(37)47-23-35-9-25-5-1-3-7-27(25)21-45(35)57-47)43-19-31-11-29-18-42-32(12-30(29)17-41(31)55-43)20-44(56-42)34-15-39(53)50(40(54)16-34)48-24-36-10-26-6-2-4-8-28(26)22-46(36)58-48/h1-24H. The van der Waals surface area contributed by atoms with Crippen molar-refractivity contribution in [2.45, 2.75) is 0 Å². The van der Waals surface area contributed by atoms with E-state index in [1.165, 1.54) is 46.9 Å². The van der Waals surface area contributed by atoms with Gasteiger partial charge in [0.25, 0.3) is 0 Å². The Balaban J connectivity index is 0.861. The minimum Gasteiger partial charge on any atom is -0.456 e. The molecule has 0 spiro atoms. The highest BCUT2D eigenvalue weighted by atomic mass is 32.1.